The average molecular weight is 499 g/mol. The molecule has 2 bridgehead atoms. The first-order chi connectivity index (χ1) is 16.0. The topological polar surface area (TPSA) is 93.8 Å². The SMILES string of the molecule is O=C(NC12CC(c3cnc([C@H]4C[C@@H](OC(F)(F)F)C4)o3)(C1)C2)[C@H]1C[C@@H](O)c2cc(Cl)ccc2O1. The van der Waals surface area contributed by atoms with Gasteiger partial charge in [0.1, 0.15) is 11.5 Å². The molecular weight excluding hydrogens is 477 g/mol. The monoisotopic (exact) mass is 498 g/mol. The van der Waals surface area contributed by atoms with E-state index in [9.17, 15) is 23.1 Å². The summed E-state index contributed by atoms with van der Waals surface area (Å²) in [6.07, 6.45) is -2.74. The lowest BCUT2D eigenvalue weighted by Gasteiger charge is -2.69. The highest BCUT2D eigenvalue weighted by atomic mass is 35.5. The number of amides is 1. The number of halogens is 4. The number of hydrogen-bond donors (Lipinski definition) is 2. The van der Waals surface area contributed by atoms with Gasteiger partial charge < -0.3 is 19.6 Å². The van der Waals surface area contributed by atoms with Crippen molar-refractivity contribution < 1.29 is 37.0 Å². The van der Waals surface area contributed by atoms with Gasteiger partial charge in [-0.15, -0.1) is 13.2 Å². The smallest absolute Gasteiger partial charge is 0.480 e. The highest BCUT2D eigenvalue weighted by Crippen LogP contribution is 2.68. The Balaban J connectivity index is 1.03. The highest BCUT2D eigenvalue weighted by molar-refractivity contribution is 6.30. The van der Waals surface area contributed by atoms with Crippen LogP contribution in [0, 0.1) is 0 Å². The summed E-state index contributed by atoms with van der Waals surface area (Å²) >= 11 is 5.98. The van der Waals surface area contributed by atoms with Gasteiger partial charge in [0.05, 0.1) is 18.4 Å². The van der Waals surface area contributed by atoms with E-state index in [4.69, 9.17) is 20.8 Å². The zero-order valence-electron chi connectivity index (χ0n) is 17.9. The second-order valence-corrected chi connectivity index (χ2v) is 10.5. The zero-order valence-corrected chi connectivity index (χ0v) is 18.7. The molecule has 1 amide bonds. The number of carbonyl (C=O) groups excluding carboxylic acids is 1. The van der Waals surface area contributed by atoms with E-state index in [-0.39, 0.29) is 42.0 Å². The predicted molar refractivity (Wildman–Crippen MR) is 111 cm³/mol. The van der Waals surface area contributed by atoms with E-state index in [0.717, 1.165) is 0 Å². The summed E-state index contributed by atoms with van der Waals surface area (Å²) in [5, 5.41) is 14.0. The Bertz CT molecular complexity index is 1130. The van der Waals surface area contributed by atoms with E-state index in [2.05, 4.69) is 15.0 Å². The summed E-state index contributed by atoms with van der Waals surface area (Å²) in [5.41, 5.74) is 0.0474. The fourth-order valence-corrected chi connectivity index (χ4v) is 6.06. The Kier molecular flexibility index (Phi) is 4.80. The molecule has 0 saturated heterocycles. The van der Waals surface area contributed by atoms with Gasteiger partial charge in [-0.1, -0.05) is 11.6 Å². The first-order valence-electron chi connectivity index (χ1n) is 11.2. The maximum Gasteiger partial charge on any atom is 0.522 e. The van der Waals surface area contributed by atoms with Crippen LogP contribution in [0.4, 0.5) is 13.2 Å². The molecule has 2 atom stereocenters. The van der Waals surface area contributed by atoms with Crippen molar-refractivity contribution in [1.29, 1.82) is 0 Å². The average Bonchev–Trinajstić information content (AvgIpc) is 3.14. The molecule has 1 aliphatic heterocycles. The number of ether oxygens (including phenoxy) is 2. The van der Waals surface area contributed by atoms with E-state index >= 15 is 0 Å². The predicted octanol–water partition coefficient (Wildman–Crippen LogP) is 4.29. The molecule has 2 N–H and O–H groups in total. The first-order valence-corrected chi connectivity index (χ1v) is 11.6. The number of hydrogen-bond acceptors (Lipinski definition) is 6. The van der Waals surface area contributed by atoms with Crippen molar-refractivity contribution in [3.8, 4) is 5.75 Å². The fraction of sp³-hybridized carbons (Fsp3) is 0.565. The lowest BCUT2D eigenvalue weighted by molar-refractivity contribution is -0.352. The number of aliphatic hydroxyl groups excluding tert-OH is 1. The third-order valence-corrected chi connectivity index (χ3v) is 7.77. The summed E-state index contributed by atoms with van der Waals surface area (Å²) in [6, 6.07) is 4.94. The van der Waals surface area contributed by atoms with Crippen molar-refractivity contribution in [3.05, 3.63) is 46.6 Å². The van der Waals surface area contributed by atoms with Crippen molar-refractivity contribution >= 4 is 17.5 Å². The minimum absolute atomic E-state index is 0.145. The van der Waals surface area contributed by atoms with Gasteiger partial charge in [-0.3, -0.25) is 9.53 Å². The minimum atomic E-state index is -4.63. The van der Waals surface area contributed by atoms with Crippen molar-refractivity contribution in [2.24, 2.45) is 0 Å². The number of carbonyl (C=O) groups is 1. The van der Waals surface area contributed by atoms with Crippen LogP contribution >= 0.6 is 11.6 Å². The molecule has 7 nitrogen and oxygen atoms in total. The number of nitrogens with one attached hydrogen (secondary N) is 1. The molecule has 7 rings (SSSR count). The maximum atomic E-state index is 12.9. The molecule has 11 heteroatoms. The van der Waals surface area contributed by atoms with Crippen LogP contribution in [0.5, 0.6) is 5.75 Å². The quantitative estimate of drug-likeness (QED) is 0.639. The molecule has 2 heterocycles. The van der Waals surface area contributed by atoms with Gasteiger partial charge in [-0.05, 0) is 50.3 Å². The molecule has 0 spiro atoms. The van der Waals surface area contributed by atoms with Crippen molar-refractivity contribution in [1.82, 2.24) is 10.3 Å². The van der Waals surface area contributed by atoms with Gasteiger partial charge in [0.15, 0.2) is 12.0 Å². The number of fused-ring (bicyclic) bond motifs is 1. The van der Waals surface area contributed by atoms with E-state index in [1.54, 1.807) is 24.4 Å². The van der Waals surface area contributed by atoms with Crippen LogP contribution in [0.15, 0.2) is 28.8 Å². The molecule has 34 heavy (non-hydrogen) atoms. The van der Waals surface area contributed by atoms with Crippen molar-refractivity contribution in [2.45, 2.75) is 80.1 Å². The molecule has 2 aromatic rings. The molecule has 1 aromatic carbocycles. The van der Waals surface area contributed by atoms with Crippen LogP contribution in [0.25, 0.3) is 0 Å². The summed E-state index contributed by atoms with van der Waals surface area (Å²) in [5.74, 6) is 1.17. The number of alkyl halides is 3. The van der Waals surface area contributed by atoms with Crippen LogP contribution in [0.2, 0.25) is 5.02 Å². The molecule has 5 aliphatic rings. The van der Waals surface area contributed by atoms with Gasteiger partial charge >= 0.3 is 6.36 Å². The zero-order chi connectivity index (χ0) is 23.9. The van der Waals surface area contributed by atoms with Gasteiger partial charge in [0.2, 0.25) is 0 Å². The lowest BCUT2D eigenvalue weighted by atomic mass is 9.38. The molecule has 0 unspecified atom stereocenters. The Hall–Kier alpha value is -2.30. The number of aliphatic hydroxyl groups is 1. The van der Waals surface area contributed by atoms with Crippen LogP contribution in [0.3, 0.4) is 0 Å². The third kappa shape index (κ3) is 3.67. The van der Waals surface area contributed by atoms with Crippen LogP contribution in [0.1, 0.15) is 67.8 Å². The molecule has 0 radical (unpaired) electrons. The maximum absolute atomic E-state index is 12.9. The Labute approximate surface area is 197 Å². The van der Waals surface area contributed by atoms with Crippen molar-refractivity contribution in [3.63, 3.8) is 0 Å². The standard InChI is InChI=1S/C23H22ClF3N2O5/c24-12-1-2-16-14(5-12)15(30)6-17(32-16)19(31)29-22-8-21(9-22,10-22)18-7-28-20(33-18)11-3-13(4-11)34-23(25,26)27/h1-2,5,7,11,13,15,17,30H,3-4,6,8-10H2,(H,29,31)/t11-,13+,15-,17-,21?,22?/m1/s1. The van der Waals surface area contributed by atoms with Gasteiger partial charge in [-0.25, -0.2) is 4.98 Å². The normalized spacial score (nSPS) is 35.8. The minimum Gasteiger partial charge on any atom is -0.480 e. The fourth-order valence-electron chi connectivity index (χ4n) is 5.88. The lowest BCUT2D eigenvalue weighted by Crippen LogP contribution is -2.77. The van der Waals surface area contributed by atoms with Gasteiger partial charge in [-0.2, -0.15) is 0 Å². The summed E-state index contributed by atoms with van der Waals surface area (Å²) < 4.78 is 52.7. The van der Waals surface area contributed by atoms with Crippen LogP contribution in [-0.4, -0.2) is 40.1 Å². The summed E-state index contributed by atoms with van der Waals surface area (Å²) in [6.45, 7) is 0. The molecule has 182 valence electrons. The molecule has 1 aromatic heterocycles. The number of nitrogens with zero attached hydrogens (tertiary/aromatic N) is 1. The molecular formula is C23H22ClF3N2O5. The Morgan fingerprint density at radius 2 is 1.97 bits per heavy atom. The van der Waals surface area contributed by atoms with E-state index in [1.807, 2.05) is 0 Å². The number of benzene rings is 1. The summed E-state index contributed by atoms with van der Waals surface area (Å²) in [4.78, 5) is 17.1. The molecule has 4 aliphatic carbocycles. The number of aromatic nitrogens is 1. The van der Waals surface area contributed by atoms with Crippen LogP contribution in [-0.2, 0) is 14.9 Å². The van der Waals surface area contributed by atoms with Gasteiger partial charge in [0, 0.05) is 33.9 Å². The second-order valence-electron chi connectivity index (χ2n) is 10.0. The highest BCUT2D eigenvalue weighted by Gasteiger charge is 2.71. The second kappa shape index (κ2) is 7.35. The van der Waals surface area contributed by atoms with E-state index in [1.165, 1.54) is 0 Å². The third-order valence-electron chi connectivity index (χ3n) is 7.54. The Morgan fingerprint density at radius 3 is 2.68 bits per heavy atom. The largest absolute Gasteiger partial charge is 0.522 e. The van der Waals surface area contributed by atoms with Crippen LogP contribution < -0.4 is 10.1 Å². The number of oxazole rings is 1. The van der Waals surface area contributed by atoms with Crippen molar-refractivity contribution in [2.75, 3.05) is 0 Å². The number of rotatable bonds is 5. The Morgan fingerprint density at radius 1 is 1.24 bits per heavy atom. The van der Waals surface area contributed by atoms with E-state index < -0.39 is 24.7 Å². The molecule has 4 fully saturated rings. The van der Waals surface area contributed by atoms with E-state index in [0.29, 0.717) is 47.2 Å². The molecule has 4 saturated carbocycles. The first kappa shape index (κ1) is 22.2. The van der Waals surface area contributed by atoms with Gasteiger partial charge in [0.25, 0.3) is 5.91 Å². The summed E-state index contributed by atoms with van der Waals surface area (Å²) in [7, 11) is 0.